The van der Waals surface area contributed by atoms with Crippen LogP contribution in [0.15, 0.2) is 23.8 Å². The zero-order valence-corrected chi connectivity index (χ0v) is 10.5. The van der Waals surface area contributed by atoms with Gasteiger partial charge in [-0.05, 0) is 17.7 Å². The van der Waals surface area contributed by atoms with Crippen molar-refractivity contribution >= 4 is 17.5 Å². The summed E-state index contributed by atoms with van der Waals surface area (Å²) >= 11 is 0. The Morgan fingerprint density at radius 1 is 1.53 bits per heavy atom. The lowest BCUT2D eigenvalue weighted by molar-refractivity contribution is -0.385. The second kappa shape index (κ2) is 5.78. The number of ketones is 1. The SMILES string of the molecule is CC(C)C(=O)C(C#N)=Cc1ccc(O)c([N+](=O)[O-])c1. The van der Waals surface area contributed by atoms with E-state index in [2.05, 4.69) is 0 Å². The Balaban J connectivity index is 3.24. The van der Waals surface area contributed by atoms with Crippen LogP contribution in [0.3, 0.4) is 0 Å². The van der Waals surface area contributed by atoms with Crippen molar-refractivity contribution in [2.45, 2.75) is 13.8 Å². The van der Waals surface area contributed by atoms with Crippen LogP contribution in [-0.4, -0.2) is 15.8 Å². The molecular formula is C13H12N2O4. The molecule has 0 unspecified atom stereocenters. The highest BCUT2D eigenvalue weighted by Gasteiger charge is 2.16. The van der Waals surface area contributed by atoms with E-state index in [9.17, 15) is 20.0 Å². The van der Waals surface area contributed by atoms with Gasteiger partial charge in [-0.15, -0.1) is 0 Å². The molecular weight excluding hydrogens is 248 g/mol. The molecule has 0 aliphatic rings. The third-order valence-corrected chi connectivity index (χ3v) is 2.42. The summed E-state index contributed by atoms with van der Waals surface area (Å²) < 4.78 is 0. The summed E-state index contributed by atoms with van der Waals surface area (Å²) in [5.41, 5.74) is -0.229. The number of hydrogen-bond donors (Lipinski definition) is 1. The number of nitro groups is 1. The zero-order chi connectivity index (χ0) is 14.6. The van der Waals surface area contributed by atoms with Gasteiger partial charge in [-0.3, -0.25) is 14.9 Å². The number of nitro benzene ring substituents is 1. The number of Topliss-reactive ketones (excluding diaryl/α,β-unsaturated/α-hetero) is 1. The molecule has 0 atom stereocenters. The summed E-state index contributed by atoms with van der Waals surface area (Å²) in [5, 5.41) is 28.9. The molecule has 1 rings (SSSR count). The van der Waals surface area contributed by atoms with E-state index in [1.807, 2.05) is 0 Å². The molecule has 0 fully saturated rings. The molecule has 98 valence electrons. The van der Waals surface area contributed by atoms with Crippen LogP contribution in [0.1, 0.15) is 19.4 Å². The second-order valence-corrected chi connectivity index (χ2v) is 4.19. The van der Waals surface area contributed by atoms with Gasteiger partial charge in [0.15, 0.2) is 11.5 Å². The highest BCUT2D eigenvalue weighted by atomic mass is 16.6. The molecule has 1 N–H and O–H groups in total. The zero-order valence-electron chi connectivity index (χ0n) is 10.5. The predicted molar refractivity (Wildman–Crippen MR) is 68.2 cm³/mol. The lowest BCUT2D eigenvalue weighted by Gasteiger charge is -2.02. The van der Waals surface area contributed by atoms with Crippen LogP contribution in [0.2, 0.25) is 0 Å². The minimum atomic E-state index is -0.733. The van der Waals surface area contributed by atoms with Crippen molar-refractivity contribution in [1.29, 1.82) is 5.26 Å². The molecule has 0 saturated carbocycles. The molecule has 0 spiro atoms. The van der Waals surface area contributed by atoms with Gasteiger partial charge < -0.3 is 5.11 Å². The van der Waals surface area contributed by atoms with Crippen molar-refractivity contribution in [2.75, 3.05) is 0 Å². The number of allylic oxidation sites excluding steroid dienone is 1. The molecule has 19 heavy (non-hydrogen) atoms. The molecule has 0 aliphatic carbocycles. The van der Waals surface area contributed by atoms with E-state index in [1.165, 1.54) is 12.1 Å². The Labute approximate surface area is 109 Å². The van der Waals surface area contributed by atoms with Crippen LogP contribution in [-0.2, 0) is 4.79 Å². The monoisotopic (exact) mass is 260 g/mol. The van der Waals surface area contributed by atoms with Gasteiger partial charge in [0, 0.05) is 12.0 Å². The summed E-state index contributed by atoms with van der Waals surface area (Å²) in [4.78, 5) is 21.6. The number of aromatic hydroxyl groups is 1. The lowest BCUT2D eigenvalue weighted by atomic mass is 10.00. The first-order valence-corrected chi connectivity index (χ1v) is 5.50. The van der Waals surface area contributed by atoms with Crippen LogP contribution >= 0.6 is 0 Å². The molecule has 0 aromatic heterocycles. The van der Waals surface area contributed by atoms with Gasteiger partial charge in [0.05, 0.1) is 10.5 Å². The van der Waals surface area contributed by atoms with E-state index in [4.69, 9.17) is 5.26 Å². The topological polar surface area (TPSA) is 104 Å². The molecule has 0 radical (unpaired) electrons. The summed E-state index contributed by atoms with van der Waals surface area (Å²) in [6.07, 6.45) is 1.27. The van der Waals surface area contributed by atoms with E-state index in [0.29, 0.717) is 5.56 Å². The Kier molecular flexibility index (Phi) is 4.37. The number of nitrogens with zero attached hydrogens (tertiary/aromatic N) is 2. The van der Waals surface area contributed by atoms with Crippen LogP contribution in [0.5, 0.6) is 5.75 Å². The fourth-order valence-corrected chi connectivity index (χ4v) is 1.41. The van der Waals surface area contributed by atoms with Crippen molar-refractivity contribution in [1.82, 2.24) is 0 Å². The van der Waals surface area contributed by atoms with Crippen LogP contribution in [0.4, 0.5) is 5.69 Å². The van der Waals surface area contributed by atoms with Gasteiger partial charge in [0.25, 0.3) is 0 Å². The van der Waals surface area contributed by atoms with Gasteiger partial charge in [-0.2, -0.15) is 5.26 Å². The molecule has 0 bridgehead atoms. The van der Waals surface area contributed by atoms with Crippen molar-refractivity contribution in [3.8, 4) is 11.8 Å². The van der Waals surface area contributed by atoms with Gasteiger partial charge in [-0.1, -0.05) is 19.9 Å². The molecule has 6 nitrogen and oxygen atoms in total. The first-order chi connectivity index (χ1) is 8.86. The Morgan fingerprint density at radius 2 is 2.16 bits per heavy atom. The maximum Gasteiger partial charge on any atom is 0.311 e. The van der Waals surface area contributed by atoms with Crippen molar-refractivity contribution < 1.29 is 14.8 Å². The van der Waals surface area contributed by atoms with E-state index >= 15 is 0 Å². The Morgan fingerprint density at radius 3 is 2.63 bits per heavy atom. The van der Waals surface area contributed by atoms with Crippen molar-refractivity contribution in [2.24, 2.45) is 5.92 Å². The van der Waals surface area contributed by atoms with Gasteiger partial charge >= 0.3 is 5.69 Å². The Bertz CT molecular complexity index is 597. The van der Waals surface area contributed by atoms with Gasteiger partial charge in [0.1, 0.15) is 6.07 Å². The lowest BCUT2D eigenvalue weighted by Crippen LogP contribution is -2.08. The van der Waals surface area contributed by atoms with Crippen LogP contribution in [0, 0.1) is 27.4 Å². The molecule has 0 heterocycles. The normalized spacial score (nSPS) is 11.2. The van der Waals surface area contributed by atoms with E-state index in [1.54, 1.807) is 19.9 Å². The summed E-state index contributed by atoms with van der Waals surface area (Å²) in [6.45, 7) is 3.32. The summed E-state index contributed by atoms with van der Waals surface area (Å²) in [7, 11) is 0. The van der Waals surface area contributed by atoms with E-state index < -0.39 is 16.4 Å². The smallest absolute Gasteiger partial charge is 0.311 e. The first kappa shape index (κ1) is 14.4. The van der Waals surface area contributed by atoms with Gasteiger partial charge in [0.2, 0.25) is 0 Å². The van der Waals surface area contributed by atoms with Crippen molar-refractivity contribution in [3.63, 3.8) is 0 Å². The average molecular weight is 260 g/mol. The number of nitriles is 1. The maximum absolute atomic E-state index is 11.7. The number of hydrogen-bond acceptors (Lipinski definition) is 5. The second-order valence-electron chi connectivity index (χ2n) is 4.19. The van der Waals surface area contributed by atoms with E-state index in [0.717, 1.165) is 12.1 Å². The average Bonchev–Trinajstić information content (AvgIpc) is 2.36. The highest BCUT2D eigenvalue weighted by Crippen LogP contribution is 2.27. The van der Waals surface area contributed by atoms with Crippen molar-refractivity contribution in [3.05, 3.63) is 39.4 Å². The van der Waals surface area contributed by atoms with Gasteiger partial charge in [-0.25, -0.2) is 0 Å². The molecule has 0 saturated heterocycles. The molecule has 1 aromatic rings. The summed E-state index contributed by atoms with van der Waals surface area (Å²) in [6, 6.07) is 5.43. The Hall–Kier alpha value is -2.68. The predicted octanol–water partition coefficient (Wildman–Crippen LogP) is 2.43. The third kappa shape index (κ3) is 3.39. The minimum absolute atomic E-state index is 0.0741. The summed E-state index contributed by atoms with van der Waals surface area (Å²) in [5.74, 6) is -1.13. The number of phenolic OH excluding ortho intramolecular Hbond substituents is 1. The number of benzene rings is 1. The molecule has 0 amide bonds. The third-order valence-electron chi connectivity index (χ3n) is 2.42. The minimum Gasteiger partial charge on any atom is -0.502 e. The largest absolute Gasteiger partial charge is 0.502 e. The van der Waals surface area contributed by atoms with E-state index in [-0.39, 0.29) is 17.3 Å². The molecule has 1 aromatic carbocycles. The standard InChI is InChI=1S/C13H12N2O4/c1-8(2)13(17)10(7-14)5-9-3-4-12(16)11(6-9)15(18)19/h3-6,8,16H,1-2H3. The number of rotatable bonds is 4. The fourth-order valence-electron chi connectivity index (χ4n) is 1.41. The van der Waals surface area contributed by atoms with Crippen LogP contribution in [0.25, 0.3) is 6.08 Å². The molecule has 6 heteroatoms. The van der Waals surface area contributed by atoms with Crippen LogP contribution < -0.4 is 0 Å². The number of carbonyl (C=O) groups excluding carboxylic acids is 1. The molecule has 0 aliphatic heterocycles. The maximum atomic E-state index is 11.7. The fraction of sp³-hybridized carbons (Fsp3) is 0.231. The quantitative estimate of drug-likeness (QED) is 0.387. The first-order valence-electron chi connectivity index (χ1n) is 5.50. The highest BCUT2D eigenvalue weighted by molar-refractivity contribution is 6.04. The number of phenols is 1. The number of carbonyl (C=O) groups is 1.